The average Bonchev–Trinajstić information content (AvgIpc) is 3.12. The fourth-order valence-corrected chi connectivity index (χ4v) is 3.80. The SMILES string of the molecule is CC(C)C1(CC#N)CCN(Cc2ccc(-n3nccn3)c(O)c2)CC1F. The highest BCUT2D eigenvalue weighted by atomic mass is 19.1. The van der Waals surface area contributed by atoms with Crippen LogP contribution >= 0.6 is 0 Å². The van der Waals surface area contributed by atoms with Gasteiger partial charge in [-0.05, 0) is 36.6 Å². The number of nitrogens with zero attached hydrogens (tertiary/aromatic N) is 5. The number of rotatable bonds is 5. The van der Waals surface area contributed by atoms with Gasteiger partial charge < -0.3 is 5.11 Å². The van der Waals surface area contributed by atoms with Gasteiger partial charge in [0.1, 0.15) is 17.6 Å². The zero-order valence-corrected chi connectivity index (χ0v) is 15.1. The molecule has 1 N–H and O–H groups in total. The molecule has 1 aromatic carbocycles. The summed E-state index contributed by atoms with van der Waals surface area (Å²) < 4.78 is 15.0. The highest BCUT2D eigenvalue weighted by Crippen LogP contribution is 2.43. The molecular formula is C19H24FN5O. The molecule has 3 rings (SSSR count). The lowest BCUT2D eigenvalue weighted by molar-refractivity contribution is -0.0253. The molecule has 138 valence electrons. The highest BCUT2D eigenvalue weighted by molar-refractivity contribution is 5.46. The minimum atomic E-state index is -1.03. The standard InChI is InChI=1S/C19H24FN5O/c1-14(2)19(5-7-21)6-10-24(13-18(19)20)12-15-3-4-16(17(26)11-15)25-22-8-9-23-25/h3-4,8-9,11,14,18,26H,5-6,10,12-13H2,1-2H3. The Labute approximate surface area is 152 Å². The van der Waals surface area contributed by atoms with Gasteiger partial charge in [0.25, 0.3) is 0 Å². The summed E-state index contributed by atoms with van der Waals surface area (Å²) in [4.78, 5) is 3.40. The first-order chi connectivity index (χ1) is 12.5. The third-order valence-corrected chi connectivity index (χ3v) is 5.57. The van der Waals surface area contributed by atoms with Crippen LogP contribution in [-0.4, -0.2) is 44.3 Å². The highest BCUT2D eigenvalue weighted by Gasteiger charge is 2.45. The van der Waals surface area contributed by atoms with Crippen molar-refractivity contribution in [2.24, 2.45) is 11.3 Å². The number of hydrogen-bond acceptors (Lipinski definition) is 5. The molecule has 0 saturated carbocycles. The van der Waals surface area contributed by atoms with Gasteiger partial charge in [-0.1, -0.05) is 19.9 Å². The normalized spacial score (nSPS) is 23.9. The van der Waals surface area contributed by atoms with E-state index in [4.69, 9.17) is 5.26 Å². The van der Waals surface area contributed by atoms with Crippen molar-refractivity contribution in [3.05, 3.63) is 36.2 Å². The molecule has 26 heavy (non-hydrogen) atoms. The maximum absolute atomic E-state index is 15.0. The summed E-state index contributed by atoms with van der Waals surface area (Å²) in [7, 11) is 0. The summed E-state index contributed by atoms with van der Waals surface area (Å²) in [5.41, 5.74) is 0.861. The topological polar surface area (TPSA) is 78.0 Å². The molecule has 6 nitrogen and oxygen atoms in total. The molecule has 0 bridgehead atoms. The number of alkyl halides is 1. The van der Waals surface area contributed by atoms with E-state index in [1.807, 2.05) is 24.8 Å². The monoisotopic (exact) mass is 357 g/mol. The van der Waals surface area contributed by atoms with E-state index in [1.165, 1.54) is 4.80 Å². The lowest BCUT2D eigenvalue weighted by Gasteiger charge is -2.46. The van der Waals surface area contributed by atoms with Crippen molar-refractivity contribution < 1.29 is 9.50 Å². The molecule has 1 aliphatic rings. The summed E-state index contributed by atoms with van der Waals surface area (Å²) in [6.07, 6.45) is 2.99. The number of aromatic nitrogens is 3. The van der Waals surface area contributed by atoms with Crippen molar-refractivity contribution in [2.45, 2.75) is 39.4 Å². The van der Waals surface area contributed by atoms with Crippen LogP contribution in [0.4, 0.5) is 4.39 Å². The van der Waals surface area contributed by atoms with E-state index in [9.17, 15) is 9.50 Å². The fraction of sp³-hybridized carbons (Fsp3) is 0.526. The zero-order valence-electron chi connectivity index (χ0n) is 15.1. The molecular weight excluding hydrogens is 333 g/mol. The van der Waals surface area contributed by atoms with Gasteiger partial charge in [0.15, 0.2) is 0 Å². The molecule has 2 atom stereocenters. The van der Waals surface area contributed by atoms with Gasteiger partial charge in [-0.25, -0.2) is 4.39 Å². The predicted molar refractivity (Wildman–Crippen MR) is 95.3 cm³/mol. The van der Waals surface area contributed by atoms with E-state index in [0.29, 0.717) is 25.2 Å². The Morgan fingerprint density at radius 3 is 2.69 bits per heavy atom. The average molecular weight is 357 g/mol. The van der Waals surface area contributed by atoms with Crippen molar-refractivity contribution in [1.82, 2.24) is 19.9 Å². The summed E-state index contributed by atoms with van der Waals surface area (Å²) in [6, 6.07) is 7.50. The summed E-state index contributed by atoms with van der Waals surface area (Å²) in [5, 5.41) is 27.4. The Balaban J connectivity index is 1.69. The van der Waals surface area contributed by atoms with Crippen molar-refractivity contribution in [3.63, 3.8) is 0 Å². The van der Waals surface area contributed by atoms with Gasteiger partial charge >= 0.3 is 0 Å². The first kappa shape index (κ1) is 18.3. The molecule has 1 aromatic heterocycles. The number of hydrogen-bond donors (Lipinski definition) is 1. The van der Waals surface area contributed by atoms with Crippen LogP contribution in [0.1, 0.15) is 32.3 Å². The van der Waals surface area contributed by atoms with Gasteiger partial charge in [-0.15, -0.1) is 4.80 Å². The number of aromatic hydroxyl groups is 1. The van der Waals surface area contributed by atoms with E-state index in [2.05, 4.69) is 16.3 Å². The van der Waals surface area contributed by atoms with Crippen molar-refractivity contribution in [1.29, 1.82) is 5.26 Å². The van der Waals surface area contributed by atoms with Crippen LogP contribution in [0.3, 0.4) is 0 Å². The molecule has 2 heterocycles. The number of nitriles is 1. The van der Waals surface area contributed by atoms with Crippen LogP contribution in [0.25, 0.3) is 5.69 Å². The van der Waals surface area contributed by atoms with Crippen molar-refractivity contribution in [2.75, 3.05) is 13.1 Å². The van der Waals surface area contributed by atoms with Gasteiger partial charge in [-0.3, -0.25) is 4.90 Å². The Hall–Kier alpha value is -2.46. The van der Waals surface area contributed by atoms with Crippen molar-refractivity contribution in [3.8, 4) is 17.5 Å². The Morgan fingerprint density at radius 2 is 2.12 bits per heavy atom. The number of halogens is 1. The number of phenols is 1. The van der Waals surface area contributed by atoms with Gasteiger partial charge in [0, 0.05) is 24.9 Å². The van der Waals surface area contributed by atoms with E-state index in [-0.39, 0.29) is 18.1 Å². The molecule has 2 aromatic rings. The van der Waals surface area contributed by atoms with Gasteiger partial charge in [0.2, 0.25) is 0 Å². The summed E-state index contributed by atoms with van der Waals surface area (Å²) in [6.45, 7) is 5.60. The van der Waals surface area contributed by atoms with Gasteiger partial charge in [0.05, 0.1) is 18.5 Å². The lowest BCUT2D eigenvalue weighted by Crippen LogP contribution is -2.51. The third-order valence-electron chi connectivity index (χ3n) is 5.57. The van der Waals surface area contributed by atoms with E-state index >= 15 is 0 Å². The first-order valence-corrected chi connectivity index (χ1v) is 8.88. The van der Waals surface area contributed by atoms with E-state index in [1.54, 1.807) is 24.5 Å². The van der Waals surface area contributed by atoms with Crippen LogP contribution in [0.5, 0.6) is 5.75 Å². The van der Waals surface area contributed by atoms with E-state index in [0.717, 1.165) is 12.1 Å². The van der Waals surface area contributed by atoms with Crippen LogP contribution in [0.15, 0.2) is 30.6 Å². The maximum Gasteiger partial charge on any atom is 0.143 e. The first-order valence-electron chi connectivity index (χ1n) is 8.88. The quantitative estimate of drug-likeness (QED) is 0.890. The molecule has 7 heteroatoms. The predicted octanol–water partition coefficient (Wildman–Crippen LogP) is 3.07. The Bertz CT molecular complexity index is 786. The lowest BCUT2D eigenvalue weighted by atomic mass is 9.67. The molecule has 2 unspecified atom stereocenters. The van der Waals surface area contributed by atoms with Crippen LogP contribution in [0, 0.1) is 22.7 Å². The molecule has 0 radical (unpaired) electrons. The largest absolute Gasteiger partial charge is 0.506 e. The molecule has 0 amide bonds. The number of piperidine rings is 1. The number of phenolic OH excluding ortho intramolecular Hbond substituents is 1. The molecule has 1 saturated heterocycles. The second-order valence-corrected chi connectivity index (χ2v) is 7.32. The second-order valence-electron chi connectivity index (χ2n) is 7.32. The molecule has 0 aliphatic carbocycles. The molecule has 1 fully saturated rings. The van der Waals surface area contributed by atoms with E-state index < -0.39 is 11.6 Å². The Kier molecular flexibility index (Phi) is 5.23. The van der Waals surface area contributed by atoms with Crippen LogP contribution < -0.4 is 0 Å². The Morgan fingerprint density at radius 1 is 1.38 bits per heavy atom. The third kappa shape index (κ3) is 3.42. The maximum atomic E-state index is 15.0. The second kappa shape index (κ2) is 7.42. The summed E-state index contributed by atoms with van der Waals surface area (Å²) >= 11 is 0. The summed E-state index contributed by atoms with van der Waals surface area (Å²) in [5.74, 6) is 0.220. The van der Waals surface area contributed by atoms with Crippen LogP contribution in [0.2, 0.25) is 0 Å². The number of benzene rings is 1. The van der Waals surface area contributed by atoms with Gasteiger partial charge in [-0.2, -0.15) is 15.5 Å². The minimum absolute atomic E-state index is 0.0912. The molecule has 0 spiro atoms. The van der Waals surface area contributed by atoms with Crippen molar-refractivity contribution >= 4 is 0 Å². The number of likely N-dealkylation sites (tertiary alicyclic amines) is 1. The minimum Gasteiger partial charge on any atom is -0.506 e. The zero-order chi connectivity index (χ0) is 18.7. The van der Waals surface area contributed by atoms with Crippen LogP contribution in [-0.2, 0) is 6.54 Å². The fourth-order valence-electron chi connectivity index (χ4n) is 3.80. The molecule has 1 aliphatic heterocycles. The smallest absolute Gasteiger partial charge is 0.143 e.